The number of aliphatic hydroxyl groups is 1. The number of hydrogen-bond acceptors (Lipinski definition) is 6. The standard InChI is InChI=1S/C28H35NO5/c1-27(2,3)34-25(30)24(29-22-15-9-5-10-16-22)28(32,20-19-21-13-7-4-8-14-21)26(31)33-23-17-11-6-12-18-23/h4-5,7-10,13-16,19-20,23-24,29,32H,6,11-12,17-18H2,1-3H3/b20-19+/t24-,28-/m1/s1. The van der Waals surface area contributed by atoms with Gasteiger partial charge in [-0.15, -0.1) is 0 Å². The van der Waals surface area contributed by atoms with E-state index < -0.39 is 29.2 Å². The highest BCUT2D eigenvalue weighted by Gasteiger charge is 2.50. The Morgan fingerprint density at radius 2 is 1.56 bits per heavy atom. The first-order valence-electron chi connectivity index (χ1n) is 11.9. The van der Waals surface area contributed by atoms with Crippen molar-refractivity contribution in [1.82, 2.24) is 0 Å². The summed E-state index contributed by atoms with van der Waals surface area (Å²) in [5.74, 6) is -1.62. The molecule has 3 rings (SSSR count). The lowest BCUT2D eigenvalue weighted by molar-refractivity contribution is -0.177. The van der Waals surface area contributed by atoms with Crippen LogP contribution in [0.4, 0.5) is 5.69 Å². The average molecular weight is 466 g/mol. The van der Waals surface area contributed by atoms with E-state index in [0.29, 0.717) is 5.69 Å². The topological polar surface area (TPSA) is 84.9 Å². The van der Waals surface area contributed by atoms with E-state index in [-0.39, 0.29) is 6.10 Å². The minimum absolute atomic E-state index is 0.283. The first-order chi connectivity index (χ1) is 16.2. The van der Waals surface area contributed by atoms with Crippen molar-refractivity contribution in [2.24, 2.45) is 0 Å². The minimum Gasteiger partial charge on any atom is -0.460 e. The van der Waals surface area contributed by atoms with Gasteiger partial charge in [-0.25, -0.2) is 9.59 Å². The highest BCUT2D eigenvalue weighted by atomic mass is 16.6. The van der Waals surface area contributed by atoms with Crippen LogP contribution in [-0.2, 0) is 19.1 Å². The summed E-state index contributed by atoms with van der Waals surface area (Å²) in [7, 11) is 0. The fourth-order valence-electron chi connectivity index (χ4n) is 3.91. The number of ether oxygens (including phenoxy) is 2. The van der Waals surface area contributed by atoms with E-state index >= 15 is 0 Å². The molecule has 182 valence electrons. The number of anilines is 1. The number of nitrogens with one attached hydrogen (secondary N) is 1. The van der Waals surface area contributed by atoms with E-state index in [1.807, 2.05) is 36.4 Å². The predicted molar refractivity (Wildman–Crippen MR) is 133 cm³/mol. The molecular formula is C28H35NO5. The van der Waals surface area contributed by atoms with Crippen LogP contribution in [-0.4, -0.2) is 40.4 Å². The molecule has 2 aromatic carbocycles. The maximum Gasteiger partial charge on any atom is 0.345 e. The summed E-state index contributed by atoms with van der Waals surface area (Å²) >= 11 is 0. The van der Waals surface area contributed by atoms with Gasteiger partial charge in [0, 0.05) is 5.69 Å². The third-order valence-corrected chi connectivity index (χ3v) is 5.65. The second-order valence-electron chi connectivity index (χ2n) is 9.71. The van der Waals surface area contributed by atoms with Gasteiger partial charge in [-0.1, -0.05) is 61.0 Å². The summed E-state index contributed by atoms with van der Waals surface area (Å²) in [6.45, 7) is 5.22. The van der Waals surface area contributed by atoms with Crippen LogP contribution in [0.1, 0.15) is 58.4 Å². The number of hydrogen-bond donors (Lipinski definition) is 2. The Labute approximate surface area is 202 Å². The van der Waals surface area contributed by atoms with E-state index in [1.54, 1.807) is 51.1 Å². The molecule has 2 atom stereocenters. The molecule has 1 fully saturated rings. The minimum atomic E-state index is -2.30. The molecule has 0 spiro atoms. The Bertz CT molecular complexity index is 961. The summed E-state index contributed by atoms with van der Waals surface area (Å²) in [5.41, 5.74) is -1.78. The summed E-state index contributed by atoms with van der Waals surface area (Å²) in [5, 5.41) is 14.9. The zero-order valence-corrected chi connectivity index (χ0v) is 20.2. The number of carbonyl (C=O) groups is 2. The van der Waals surface area contributed by atoms with Crippen LogP contribution >= 0.6 is 0 Å². The molecule has 34 heavy (non-hydrogen) atoms. The van der Waals surface area contributed by atoms with Crippen LogP contribution in [0.2, 0.25) is 0 Å². The van der Waals surface area contributed by atoms with Crippen molar-refractivity contribution in [3.8, 4) is 0 Å². The van der Waals surface area contributed by atoms with Crippen molar-refractivity contribution in [2.75, 3.05) is 5.32 Å². The van der Waals surface area contributed by atoms with Crippen molar-refractivity contribution < 1.29 is 24.2 Å². The molecule has 1 aliphatic rings. The molecule has 0 bridgehead atoms. The lowest BCUT2D eigenvalue weighted by Crippen LogP contribution is -2.58. The van der Waals surface area contributed by atoms with E-state index in [2.05, 4.69) is 5.32 Å². The summed E-state index contributed by atoms with van der Waals surface area (Å²) in [6, 6.07) is 16.8. The molecule has 0 saturated heterocycles. The van der Waals surface area contributed by atoms with Crippen LogP contribution < -0.4 is 5.32 Å². The molecule has 1 aliphatic carbocycles. The number of benzene rings is 2. The Kier molecular flexibility index (Phi) is 8.51. The molecule has 0 aliphatic heterocycles. The first kappa shape index (κ1) is 25.5. The van der Waals surface area contributed by atoms with Gasteiger partial charge in [0.15, 0.2) is 6.04 Å². The first-order valence-corrected chi connectivity index (χ1v) is 11.9. The van der Waals surface area contributed by atoms with Gasteiger partial charge in [0.1, 0.15) is 11.7 Å². The van der Waals surface area contributed by atoms with E-state index in [0.717, 1.165) is 37.7 Å². The number of carbonyl (C=O) groups excluding carboxylic acids is 2. The van der Waals surface area contributed by atoms with Crippen LogP contribution in [0.25, 0.3) is 6.08 Å². The van der Waals surface area contributed by atoms with E-state index in [1.165, 1.54) is 6.08 Å². The Morgan fingerprint density at radius 3 is 2.15 bits per heavy atom. The molecule has 1 saturated carbocycles. The van der Waals surface area contributed by atoms with Crippen molar-refractivity contribution in [2.45, 2.75) is 76.2 Å². The van der Waals surface area contributed by atoms with Crippen molar-refractivity contribution in [3.63, 3.8) is 0 Å². The largest absolute Gasteiger partial charge is 0.460 e. The molecule has 0 amide bonds. The monoisotopic (exact) mass is 465 g/mol. The van der Waals surface area contributed by atoms with Crippen LogP contribution in [0.3, 0.4) is 0 Å². The van der Waals surface area contributed by atoms with Crippen molar-refractivity contribution in [1.29, 1.82) is 0 Å². The number of rotatable bonds is 8. The second kappa shape index (κ2) is 11.3. The van der Waals surface area contributed by atoms with Gasteiger partial charge in [-0.2, -0.15) is 0 Å². The third kappa shape index (κ3) is 7.19. The fourth-order valence-corrected chi connectivity index (χ4v) is 3.91. The molecule has 0 aromatic heterocycles. The van der Waals surface area contributed by atoms with Gasteiger partial charge in [0.2, 0.25) is 5.60 Å². The van der Waals surface area contributed by atoms with Gasteiger partial charge in [-0.05, 0) is 70.2 Å². The SMILES string of the molecule is CC(C)(C)OC(=O)[C@@H](Nc1ccccc1)[C@](O)(/C=C/c1ccccc1)C(=O)OC1CCCCC1. The van der Waals surface area contributed by atoms with Crippen LogP contribution in [0.5, 0.6) is 0 Å². The lowest BCUT2D eigenvalue weighted by Gasteiger charge is -2.35. The van der Waals surface area contributed by atoms with E-state index in [4.69, 9.17) is 9.47 Å². The Hall–Kier alpha value is -3.12. The van der Waals surface area contributed by atoms with E-state index in [9.17, 15) is 14.7 Å². The molecule has 2 N–H and O–H groups in total. The maximum atomic E-state index is 13.5. The lowest BCUT2D eigenvalue weighted by atomic mass is 9.91. The van der Waals surface area contributed by atoms with Gasteiger partial charge >= 0.3 is 11.9 Å². The molecule has 6 heteroatoms. The highest BCUT2D eigenvalue weighted by Crippen LogP contribution is 2.28. The number of para-hydroxylation sites is 1. The smallest absolute Gasteiger partial charge is 0.345 e. The number of esters is 2. The molecule has 0 heterocycles. The quantitative estimate of drug-likeness (QED) is 0.526. The Morgan fingerprint density at radius 1 is 0.971 bits per heavy atom. The van der Waals surface area contributed by atoms with Crippen molar-refractivity contribution >= 4 is 23.7 Å². The van der Waals surface area contributed by atoms with Gasteiger partial charge < -0.3 is 19.9 Å². The van der Waals surface area contributed by atoms with Gasteiger partial charge in [0.05, 0.1) is 0 Å². The molecule has 2 aromatic rings. The third-order valence-electron chi connectivity index (χ3n) is 5.65. The maximum absolute atomic E-state index is 13.5. The average Bonchev–Trinajstić information content (AvgIpc) is 2.82. The molecule has 6 nitrogen and oxygen atoms in total. The second-order valence-corrected chi connectivity index (χ2v) is 9.71. The van der Waals surface area contributed by atoms with Crippen molar-refractivity contribution in [3.05, 3.63) is 72.3 Å². The fraction of sp³-hybridized carbons (Fsp3) is 0.429. The summed E-state index contributed by atoms with van der Waals surface area (Å²) in [6.07, 6.45) is 7.18. The molecule has 0 unspecified atom stereocenters. The normalized spacial score (nSPS) is 17.5. The zero-order valence-electron chi connectivity index (χ0n) is 20.2. The zero-order chi connectivity index (χ0) is 24.6. The summed E-state index contributed by atoms with van der Waals surface area (Å²) < 4.78 is 11.4. The van der Waals surface area contributed by atoms with Crippen LogP contribution in [0, 0.1) is 0 Å². The van der Waals surface area contributed by atoms with Crippen LogP contribution in [0.15, 0.2) is 66.7 Å². The van der Waals surface area contributed by atoms with Gasteiger partial charge in [0.25, 0.3) is 0 Å². The molecular weight excluding hydrogens is 430 g/mol. The Balaban J connectivity index is 2.00. The predicted octanol–water partition coefficient (Wildman–Crippen LogP) is 5.13. The highest BCUT2D eigenvalue weighted by molar-refractivity contribution is 5.94. The molecule has 0 radical (unpaired) electrons. The van der Waals surface area contributed by atoms with Gasteiger partial charge in [-0.3, -0.25) is 0 Å². The summed E-state index contributed by atoms with van der Waals surface area (Å²) in [4.78, 5) is 26.8.